The highest BCUT2D eigenvalue weighted by Gasteiger charge is 1.54. The van der Waals surface area contributed by atoms with Crippen molar-refractivity contribution in [3.8, 4) is 0 Å². The maximum Gasteiger partial charge on any atom is 0.455 e. The van der Waals surface area contributed by atoms with E-state index in [0.717, 1.165) is 0 Å². The second kappa shape index (κ2) is 9.85. The second-order valence-electron chi connectivity index (χ2n) is 0.167. The van der Waals surface area contributed by atoms with E-state index >= 15 is 0 Å². The molecule has 0 aromatic heterocycles. The first-order valence-electron chi connectivity index (χ1n) is 0.575. The molecule has 0 fully saturated rings. The maximum absolute atomic E-state index is 8.85. The van der Waals surface area contributed by atoms with Crippen molar-refractivity contribution >= 4 is 21.6 Å². The molecular formula is CH6OPS+. The van der Waals surface area contributed by atoms with Crippen LogP contribution in [-0.2, 0) is 15.9 Å². The second-order valence-corrected chi connectivity index (χ2v) is 0.500. The van der Waals surface area contributed by atoms with Crippen LogP contribution < -0.4 is 0 Å². The highest BCUT2D eigenvalue weighted by molar-refractivity contribution is 7.64. The highest BCUT2D eigenvalue weighted by atomic mass is 32.1. The fourth-order valence-electron chi connectivity index (χ4n) is 0. The van der Waals surface area contributed by atoms with Crippen LogP contribution in [-0.4, -0.2) is 6.26 Å². The minimum absolute atomic E-state index is 0. The summed E-state index contributed by atoms with van der Waals surface area (Å²) in [5.74, 6) is 0. The van der Waals surface area contributed by atoms with Gasteiger partial charge < -0.3 is 0 Å². The van der Waals surface area contributed by atoms with Gasteiger partial charge in [-0.25, -0.2) is 0 Å². The molecule has 0 aliphatic rings. The number of hydrogen-bond acceptors (Lipinski definition) is 1. The lowest BCUT2D eigenvalue weighted by atomic mass is 12.0. The third kappa shape index (κ3) is 25.4. The quantitative estimate of drug-likeness (QED) is 0.309. The van der Waals surface area contributed by atoms with Gasteiger partial charge in [0.05, 0.1) is 0 Å². The largest absolute Gasteiger partial charge is 0.455 e. The van der Waals surface area contributed by atoms with E-state index in [4.69, 9.17) is 4.21 Å². The molecule has 0 rings (SSSR count). The first-order valence-corrected chi connectivity index (χ1v) is 1.72. The number of rotatable bonds is 0. The van der Waals surface area contributed by atoms with Gasteiger partial charge in [0.25, 0.3) is 0 Å². The lowest BCUT2D eigenvalue weighted by molar-refractivity contribution is 0.607. The molecule has 0 aliphatic heterocycles. The fraction of sp³-hybridized carbons (Fsp3) is 1.00. The Morgan fingerprint density at radius 2 is 1.75 bits per heavy atom. The van der Waals surface area contributed by atoms with Crippen LogP contribution in [0, 0.1) is 0 Å². The predicted octanol–water partition coefficient (Wildman–Crippen LogP) is 0.102. The first-order chi connectivity index (χ1) is 1.41. The monoisotopic (exact) mass is 97.0 g/mol. The molecule has 0 amide bonds. The van der Waals surface area contributed by atoms with Crippen LogP contribution in [0.2, 0.25) is 0 Å². The molecule has 0 N–H and O–H groups in total. The van der Waals surface area contributed by atoms with Crippen molar-refractivity contribution in [2.45, 2.75) is 0 Å². The van der Waals surface area contributed by atoms with Gasteiger partial charge in [0.2, 0.25) is 6.26 Å². The van der Waals surface area contributed by atoms with Crippen LogP contribution in [0.25, 0.3) is 0 Å². The molecule has 1 atom stereocenters. The summed E-state index contributed by atoms with van der Waals surface area (Å²) in [6.07, 6.45) is 1.49. The summed E-state index contributed by atoms with van der Waals surface area (Å²) in [5, 5.41) is 0. The Morgan fingerprint density at radius 1 is 1.75 bits per heavy atom. The van der Waals surface area contributed by atoms with Crippen LogP contribution in [0.1, 0.15) is 0 Å². The molecule has 0 aromatic rings. The standard InChI is InChI=1S/CH3OS.H3P/c1-3-2;/h1H3;1H3/q+1;. The zero-order valence-electron chi connectivity index (χ0n) is 2.52. The van der Waals surface area contributed by atoms with Crippen LogP contribution in [0.3, 0.4) is 0 Å². The van der Waals surface area contributed by atoms with E-state index in [-0.39, 0.29) is 9.90 Å². The summed E-state index contributed by atoms with van der Waals surface area (Å²) < 4.78 is 8.85. The average molecular weight is 97.1 g/mol. The zero-order chi connectivity index (χ0) is 2.71. The average Bonchev–Trinajstić information content (AvgIpc) is 0.918. The predicted molar refractivity (Wildman–Crippen MR) is 25.1 cm³/mol. The summed E-state index contributed by atoms with van der Waals surface area (Å²) in [5.41, 5.74) is 0. The van der Waals surface area contributed by atoms with Crippen molar-refractivity contribution in [3.63, 3.8) is 0 Å². The summed E-state index contributed by atoms with van der Waals surface area (Å²) in [6.45, 7) is 0. The Kier molecular flexibility index (Phi) is 21.7. The van der Waals surface area contributed by atoms with Crippen molar-refractivity contribution < 1.29 is 4.21 Å². The number of hydrogen-bond donors (Lipinski definition) is 0. The van der Waals surface area contributed by atoms with E-state index in [1.165, 1.54) is 6.26 Å². The van der Waals surface area contributed by atoms with E-state index in [0.29, 0.717) is 11.7 Å². The molecule has 0 aliphatic carbocycles. The smallest absolute Gasteiger partial charge is 0.153 e. The third-order valence-corrected chi connectivity index (χ3v) is 0. The molecule has 3 heteroatoms. The molecule has 0 spiro atoms. The third-order valence-electron chi connectivity index (χ3n) is 0. The summed E-state index contributed by atoms with van der Waals surface area (Å²) in [6, 6.07) is 0. The van der Waals surface area contributed by atoms with E-state index in [1.54, 1.807) is 0 Å². The Morgan fingerprint density at radius 3 is 1.75 bits per heavy atom. The van der Waals surface area contributed by atoms with Gasteiger partial charge in [-0.1, -0.05) is 0 Å². The van der Waals surface area contributed by atoms with Crippen LogP contribution in [0.15, 0.2) is 0 Å². The van der Waals surface area contributed by atoms with Gasteiger partial charge in [-0.15, -0.1) is 0 Å². The molecule has 4 heavy (non-hydrogen) atoms. The highest BCUT2D eigenvalue weighted by Crippen LogP contribution is 1.14. The van der Waals surface area contributed by atoms with Crippen LogP contribution >= 0.6 is 9.90 Å². The lowest BCUT2D eigenvalue weighted by Gasteiger charge is -0.931. The molecule has 0 bridgehead atoms. The molecule has 0 heterocycles. The summed E-state index contributed by atoms with van der Waals surface area (Å²) in [4.78, 5) is 0. The molecule has 0 radical (unpaired) electrons. The Hall–Kier alpha value is 0.450. The van der Waals surface area contributed by atoms with Crippen LogP contribution in [0.4, 0.5) is 0 Å². The molecule has 1 unspecified atom stereocenters. The molecule has 0 saturated carbocycles. The van der Waals surface area contributed by atoms with Gasteiger partial charge in [0, 0.05) is 4.21 Å². The Balaban J connectivity index is 0. The van der Waals surface area contributed by atoms with Crippen molar-refractivity contribution in [2.24, 2.45) is 0 Å². The minimum atomic E-state index is 0. The van der Waals surface area contributed by atoms with Crippen molar-refractivity contribution in [3.05, 3.63) is 0 Å². The fourth-order valence-corrected chi connectivity index (χ4v) is 0. The van der Waals surface area contributed by atoms with Gasteiger partial charge in [0.1, 0.15) is 0 Å². The molecule has 1 nitrogen and oxygen atoms in total. The molecule has 26 valence electrons. The van der Waals surface area contributed by atoms with E-state index in [2.05, 4.69) is 0 Å². The van der Waals surface area contributed by atoms with Gasteiger partial charge in [0.15, 0.2) is 0 Å². The Labute approximate surface area is 32.9 Å². The molecular weight excluding hydrogens is 91.1 g/mol. The summed E-state index contributed by atoms with van der Waals surface area (Å²) in [7, 11) is 0. The maximum atomic E-state index is 8.85. The van der Waals surface area contributed by atoms with E-state index < -0.39 is 0 Å². The normalized spacial score (nSPS) is 3.25. The van der Waals surface area contributed by atoms with E-state index in [9.17, 15) is 0 Å². The first kappa shape index (κ1) is 8.82. The minimum Gasteiger partial charge on any atom is -0.153 e. The van der Waals surface area contributed by atoms with Crippen molar-refractivity contribution in [1.29, 1.82) is 0 Å². The van der Waals surface area contributed by atoms with Gasteiger partial charge >= 0.3 is 11.7 Å². The SMILES string of the molecule is C[S+]=O.P. The van der Waals surface area contributed by atoms with Gasteiger partial charge in [-0.3, -0.25) is 0 Å². The van der Waals surface area contributed by atoms with E-state index in [1.807, 2.05) is 0 Å². The zero-order valence-corrected chi connectivity index (χ0v) is 4.75. The van der Waals surface area contributed by atoms with Crippen molar-refractivity contribution in [2.75, 3.05) is 6.26 Å². The van der Waals surface area contributed by atoms with Crippen molar-refractivity contribution in [1.82, 2.24) is 0 Å². The van der Waals surface area contributed by atoms with Gasteiger partial charge in [-0.05, 0) is 0 Å². The topological polar surface area (TPSA) is 17.1 Å². The lowest BCUT2D eigenvalue weighted by Crippen LogP contribution is -1.32. The van der Waals surface area contributed by atoms with Gasteiger partial charge in [-0.2, -0.15) is 9.90 Å². The molecule has 0 aromatic carbocycles. The van der Waals surface area contributed by atoms with Crippen LogP contribution in [0.5, 0.6) is 0 Å². The Bertz CT molecular complexity index is 15.5. The summed E-state index contributed by atoms with van der Waals surface area (Å²) >= 11 is 0.500. The molecule has 0 saturated heterocycles.